The summed E-state index contributed by atoms with van der Waals surface area (Å²) >= 11 is 6.25. The highest BCUT2D eigenvalue weighted by Crippen LogP contribution is 2.25. The van der Waals surface area contributed by atoms with E-state index >= 15 is 0 Å². The third kappa shape index (κ3) is 7.32. The lowest BCUT2D eigenvalue weighted by Crippen LogP contribution is -2.45. The van der Waals surface area contributed by atoms with Crippen LogP contribution in [0.15, 0.2) is 53.7 Å². The molecule has 1 aromatic heterocycles. The zero-order valence-corrected chi connectivity index (χ0v) is 20.1. The molecule has 1 amide bonds. The number of halogens is 2. The van der Waals surface area contributed by atoms with Crippen molar-refractivity contribution in [1.82, 2.24) is 20.9 Å². The standard InChI is InChI=1S/C21H27ClN6O.HI/c1-23-21(25-12-9-19(29)26-14-16-6-3-2-4-7-16)27-17-10-13-28(15-17)20-18(22)8-5-11-24-20;/h2-8,11,17H,9-10,12-15H2,1H3,(H,26,29)(H2,23,25,27);1H. The Kier molecular flexibility index (Phi) is 10.2. The summed E-state index contributed by atoms with van der Waals surface area (Å²) in [6.07, 6.45) is 3.10. The predicted molar refractivity (Wildman–Crippen MR) is 133 cm³/mol. The van der Waals surface area contributed by atoms with Crippen molar-refractivity contribution in [2.45, 2.75) is 25.4 Å². The van der Waals surface area contributed by atoms with Crippen LogP contribution in [0.1, 0.15) is 18.4 Å². The van der Waals surface area contributed by atoms with Crippen LogP contribution in [0.3, 0.4) is 0 Å². The number of anilines is 1. The Morgan fingerprint density at radius 2 is 2.03 bits per heavy atom. The molecule has 0 saturated carbocycles. The second-order valence-corrected chi connectivity index (χ2v) is 7.30. The number of benzene rings is 1. The van der Waals surface area contributed by atoms with Crippen LogP contribution >= 0.6 is 35.6 Å². The first-order valence-electron chi connectivity index (χ1n) is 9.79. The fourth-order valence-electron chi connectivity index (χ4n) is 3.25. The fraction of sp³-hybridized carbons (Fsp3) is 0.381. The van der Waals surface area contributed by atoms with Crippen molar-refractivity contribution in [3.63, 3.8) is 0 Å². The van der Waals surface area contributed by atoms with Crippen molar-refractivity contribution in [1.29, 1.82) is 0 Å². The van der Waals surface area contributed by atoms with Crippen LogP contribution in [0.4, 0.5) is 5.82 Å². The molecule has 0 spiro atoms. The van der Waals surface area contributed by atoms with E-state index < -0.39 is 0 Å². The predicted octanol–water partition coefficient (Wildman–Crippen LogP) is 2.80. The Labute approximate surface area is 199 Å². The zero-order valence-electron chi connectivity index (χ0n) is 17.0. The SMILES string of the molecule is CN=C(NCCC(=O)NCc1ccccc1)NC1CCN(c2ncccc2Cl)C1.I. The maximum atomic E-state index is 12.0. The van der Waals surface area contributed by atoms with Gasteiger partial charge in [0.1, 0.15) is 5.82 Å². The van der Waals surface area contributed by atoms with Crippen LogP contribution < -0.4 is 20.9 Å². The third-order valence-corrected chi connectivity index (χ3v) is 5.06. The average molecular weight is 543 g/mol. The molecule has 2 heterocycles. The summed E-state index contributed by atoms with van der Waals surface area (Å²) in [6.45, 7) is 2.74. The van der Waals surface area contributed by atoms with Crippen LogP contribution in [0.25, 0.3) is 0 Å². The number of rotatable bonds is 7. The maximum absolute atomic E-state index is 12.0. The molecule has 1 aliphatic heterocycles. The molecule has 0 aliphatic carbocycles. The number of aromatic nitrogens is 1. The van der Waals surface area contributed by atoms with E-state index in [1.165, 1.54) is 0 Å². The molecule has 0 bridgehead atoms. The van der Waals surface area contributed by atoms with Gasteiger partial charge in [-0.05, 0) is 24.1 Å². The molecule has 2 aromatic rings. The Balaban J connectivity index is 0.00000320. The first kappa shape index (κ1) is 24.2. The van der Waals surface area contributed by atoms with Gasteiger partial charge in [-0.25, -0.2) is 4.98 Å². The lowest BCUT2D eigenvalue weighted by Gasteiger charge is -2.20. The number of pyridine rings is 1. The molecule has 1 aromatic carbocycles. The summed E-state index contributed by atoms with van der Waals surface area (Å²) in [4.78, 5) is 22.8. The number of hydrogen-bond acceptors (Lipinski definition) is 4. The summed E-state index contributed by atoms with van der Waals surface area (Å²) in [5.74, 6) is 1.52. The van der Waals surface area contributed by atoms with E-state index in [1.807, 2.05) is 42.5 Å². The van der Waals surface area contributed by atoms with Gasteiger partial charge < -0.3 is 20.9 Å². The van der Waals surface area contributed by atoms with Gasteiger partial charge in [0.15, 0.2) is 5.96 Å². The summed E-state index contributed by atoms with van der Waals surface area (Å²) in [5, 5.41) is 10.2. The van der Waals surface area contributed by atoms with Gasteiger partial charge in [-0.2, -0.15) is 0 Å². The Bertz CT molecular complexity index is 835. The van der Waals surface area contributed by atoms with Gasteiger partial charge in [-0.15, -0.1) is 24.0 Å². The van der Waals surface area contributed by atoms with Crippen LogP contribution in [-0.4, -0.2) is 49.6 Å². The Morgan fingerprint density at radius 3 is 2.77 bits per heavy atom. The molecule has 7 nitrogen and oxygen atoms in total. The largest absolute Gasteiger partial charge is 0.356 e. The van der Waals surface area contributed by atoms with Gasteiger partial charge in [0, 0.05) is 51.9 Å². The van der Waals surface area contributed by atoms with Crippen molar-refractivity contribution < 1.29 is 4.79 Å². The van der Waals surface area contributed by atoms with Crippen LogP contribution in [0.2, 0.25) is 5.02 Å². The number of aliphatic imine (C=N–C) groups is 1. The second kappa shape index (κ2) is 12.6. The molecular formula is C21H28ClIN6O. The first-order valence-corrected chi connectivity index (χ1v) is 10.2. The van der Waals surface area contributed by atoms with E-state index in [1.54, 1.807) is 13.2 Å². The molecule has 0 radical (unpaired) electrons. The monoisotopic (exact) mass is 542 g/mol. The van der Waals surface area contributed by atoms with E-state index in [0.29, 0.717) is 30.5 Å². The normalized spacial score (nSPS) is 16.0. The number of nitrogens with one attached hydrogen (secondary N) is 3. The number of guanidine groups is 1. The minimum absolute atomic E-state index is 0. The van der Waals surface area contributed by atoms with Crippen molar-refractivity contribution in [2.24, 2.45) is 4.99 Å². The van der Waals surface area contributed by atoms with Crippen molar-refractivity contribution in [2.75, 3.05) is 31.6 Å². The molecule has 1 aliphatic rings. The van der Waals surface area contributed by atoms with Crippen LogP contribution in [0, 0.1) is 0 Å². The van der Waals surface area contributed by atoms with Crippen LogP contribution in [-0.2, 0) is 11.3 Å². The minimum atomic E-state index is 0. The summed E-state index contributed by atoms with van der Waals surface area (Å²) in [6, 6.07) is 13.8. The number of carbonyl (C=O) groups is 1. The zero-order chi connectivity index (χ0) is 20.5. The van der Waals surface area contributed by atoms with Crippen molar-refractivity contribution >= 4 is 53.3 Å². The second-order valence-electron chi connectivity index (χ2n) is 6.90. The van der Waals surface area contributed by atoms with Crippen LogP contribution in [0.5, 0.6) is 0 Å². The smallest absolute Gasteiger partial charge is 0.222 e. The lowest BCUT2D eigenvalue weighted by atomic mass is 10.2. The van der Waals surface area contributed by atoms with Gasteiger partial charge in [-0.3, -0.25) is 9.79 Å². The quantitative estimate of drug-likeness (QED) is 0.285. The molecular weight excluding hydrogens is 515 g/mol. The summed E-state index contributed by atoms with van der Waals surface area (Å²) < 4.78 is 0. The van der Waals surface area contributed by atoms with Gasteiger partial charge in [0.25, 0.3) is 0 Å². The Hall–Kier alpha value is -2.07. The maximum Gasteiger partial charge on any atom is 0.222 e. The molecule has 3 N–H and O–H groups in total. The van der Waals surface area contributed by atoms with E-state index in [0.717, 1.165) is 30.9 Å². The topological polar surface area (TPSA) is 81.6 Å². The number of amides is 1. The van der Waals surface area contributed by atoms with Gasteiger partial charge >= 0.3 is 0 Å². The van der Waals surface area contributed by atoms with E-state index in [4.69, 9.17) is 11.6 Å². The van der Waals surface area contributed by atoms with Gasteiger partial charge in [-0.1, -0.05) is 41.9 Å². The first-order chi connectivity index (χ1) is 14.2. The highest BCUT2D eigenvalue weighted by Gasteiger charge is 2.25. The van der Waals surface area contributed by atoms with E-state index in [2.05, 4.69) is 30.8 Å². The van der Waals surface area contributed by atoms with Gasteiger partial charge in [0.2, 0.25) is 5.91 Å². The number of hydrogen-bond donors (Lipinski definition) is 3. The number of nitrogens with zero attached hydrogens (tertiary/aromatic N) is 3. The molecule has 1 unspecified atom stereocenters. The number of carbonyl (C=O) groups excluding carboxylic acids is 1. The molecule has 1 atom stereocenters. The fourth-order valence-corrected chi connectivity index (χ4v) is 3.49. The van der Waals surface area contributed by atoms with Crippen molar-refractivity contribution in [3.05, 3.63) is 59.2 Å². The molecule has 162 valence electrons. The highest BCUT2D eigenvalue weighted by molar-refractivity contribution is 14.0. The summed E-state index contributed by atoms with van der Waals surface area (Å²) in [5.41, 5.74) is 1.09. The van der Waals surface area contributed by atoms with E-state index in [9.17, 15) is 4.79 Å². The summed E-state index contributed by atoms with van der Waals surface area (Å²) in [7, 11) is 1.73. The third-order valence-electron chi connectivity index (χ3n) is 4.77. The molecule has 1 saturated heterocycles. The molecule has 1 fully saturated rings. The lowest BCUT2D eigenvalue weighted by molar-refractivity contribution is -0.121. The van der Waals surface area contributed by atoms with Crippen molar-refractivity contribution in [3.8, 4) is 0 Å². The molecule has 9 heteroatoms. The van der Waals surface area contributed by atoms with E-state index in [-0.39, 0.29) is 35.9 Å². The molecule has 3 rings (SSSR count). The van der Waals surface area contributed by atoms with Gasteiger partial charge in [0.05, 0.1) is 5.02 Å². The highest BCUT2D eigenvalue weighted by atomic mass is 127. The average Bonchev–Trinajstić information content (AvgIpc) is 3.21. The molecule has 30 heavy (non-hydrogen) atoms. The minimum Gasteiger partial charge on any atom is -0.356 e. The Morgan fingerprint density at radius 1 is 1.23 bits per heavy atom.